The Labute approximate surface area is 370 Å². The summed E-state index contributed by atoms with van der Waals surface area (Å²) in [4.78, 5) is 71.1. The Bertz CT molecular complexity index is 2930. The van der Waals surface area contributed by atoms with Gasteiger partial charge in [0, 0.05) is 29.6 Å². The minimum Gasteiger partial charge on any atom is -0.453 e. The molecule has 3 N–H and O–H groups in total. The molecule has 64 heavy (non-hydrogen) atoms. The number of hydrogen-bond acceptors (Lipinski definition) is 8. The van der Waals surface area contributed by atoms with Gasteiger partial charge >= 0.3 is 12.2 Å². The van der Waals surface area contributed by atoms with Crippen LogP contribution in [0.3, 0.4) is 0 Å². The minimum absolute atomic E-state index is 0.0600. The van der Waals surface area contributed by atoms with Gasteiger partial charge in [-0.05, 0) is 113 Å². The number of carbonyl (C=O) groups excluding carboxylic acids is 4. The van der Waals surface area contributed by atoms with Crippen LogP contribution in [-0.4, -0.2) is 87.9 Å². The summed E-state index contributed by atoms with van der Waals surface area (Å²) < 4.78 is 9.78. The lowest BCUT2D eigenvalue weighted by molar-refractivity contribution is -0.138. The summed E-state index contributed by atoms with van der Waals surface area (Å²) >= 11 is 0. The zero-order valence-corrected chi connectivity index (χ0v) is 36.3. The van der Waals surface area contributed by atoms with Crippen molar-refractivity contribution < 1.29 is 28.7 Å². The molecule has 2 saturated heterocycles. The lowest BCUT2D eigenvalue weighted by atomic mass is 9.94. The number of aromatic amines is 1. The van der Waals surface area contributed by atoms with Crippen molar-refractivity contribution in [3.05, 3.63) is 108 Å². The third kappa shape index (κ3) is 6.66. The largest absolute Gasteiger partial charge is 0.453 e. The average molecular weight is 858 g/mol. The number of aliphatic imine (C=N–C) groups is 1. The monoisotopic (exact) mass is 857 g/mol. The van der Waals surface area contributed by atoms with Crippen LogP contribution in [0.2, 0.25) is 0 Å². The number of aromatic nitrogens is 2. The van der Waals surface area contributed by atoms with Crippen molar-refractivity contribution in [3.8, 4) is 11.1 Å². The maximum atomic E-state index is 14.5. The first-order valence-corrected chi connectivity index (χ1v) is 22.5. The fraction of sp³-hybridized carbons (Fsp3) is 0.373. The highest BCUT2D eigenvalue weighted by atomic mass is 16.5. The molecule has 13 nitrogen and oxygen atoms in total. The molecule has 5 aliphatic rings. The minimum atomic E-state index is -0.881. The van der Waals surface area contributed by atoms with Crippen molar-refractivity contribution in [2.75, 3.05) is 14.2 Å². The van der Waals surface area contributed by atoms with Gasteiger partial charge in [0.25, 0.3) is 5.91 Å². The standard InChI is InChI=1S/C51H51N7O6/c1-26(2)43(55-50(61)63-3)48(59)58-41-23-33(41)24-42(58)40-25-37-35-16-11-28(20-30(35)13-18-38(37)52-40)29-12-17-36-31(21-29)14-19-39-45(36)54-47(53-39)46-32-10-15-34(22-32)57(46)49(60)44(56-51(62)64-4)27-8-6-5-7-9-27/h5-9,11-14,16-21,26,32-34,41-44,46H,10,15,22-25H2,1-4H3,(H,53,54)(H,55,61)(H,56,62)/t32-,33+,34+,41+,42-,43-,44+,46-/m0/s1. The number of carbonyl (C=O) groups is 4. The van der Waals surface area contributed by atoms with E-state index in [9.17, 15) is 19.2 Å². The first-order chi connectivity index (χ1) is 31.1. The summed E-state index contributed by atoms with van der Waals surface area (Å²) in [6.45, 7) is 3.89. The molecule has 0 spiro atoms. The number of piperidine rings is 2. The maximum Gasteiger partial charge on any atom is 0.407 e. The predicted octanol–water partition coefficient (Wildman–Crippen LogP) is 8.68. The molecule has 4 amide bonds. The second kappa shape index (κ2) is 15.5. The molecule has 0 unspecified atom stereocenters. The molecule has 6 aromatic rings. The van der Waals surface area contributed by atoms with Gasteiger partial charge in [-0.2, -0.15) is 0 Å². The number of imidazole rings is 1. The Kier molecular flexibility index (Phi) is 9.69. The Morgan fingerprint density at radius 1 is 0.750 bits per heavy atom. The summed E-state index contributed by atoms with van der Waals surface area (Å²) in [5.74, 6) is 1.19. The highest BCUT2D eigenvalue weighted by molar-refractivity contribution is 6.08. The summed E-state index contributed by atoms with van der Waals surface area (Å²) in [5.41, 5.74) is 7.83. The second-order valence-electron chi connectivity index (χ2n) is 18.6. The number of alkyl carbamates (subject to hydrolysis) is 2. The van der Waals surface area contributed by atoms with Gasteiger partial charge in [-0.3, -0.25) is 14.6 Å². The molecule has 2 bridgehead atoms. The lowest BCUT2D eigenvalue weighted by Crippen LogP contribution is -2.55. The molecular formula is C51H51N7O6. The molecular weight excluding hydrogens is 807 g/mol. The molecule has 4 heterocycles. The quantitative estimate of drug-likeness (QED) is 0.131. The Hall–Kier alpha value is -6.76. The zero-order chi connectivity index (χ0) is 44.0. The van der Waals surface area contributed by atoms with Crippen LogP contribution in [0.5, 0.6) is 0 Å². The van der Waals surface area contributed by atoms with E-state index in [1.807, 2.05) is 54.0 Å². The van der Waals surface area contributed by atoms with E-state index in [1.165, 1.54) is 19.8 Å². The fourth-order valence-corrected chi connectivity index (χ4v) is 11.4. The fourth-order valence-electron chi connectivity index (χ4n) is 11.4. The average Bonchev–Trinajstić information content (AvgIpc) is 3.91. The van der Waals surface area contributed by atoms with Gasteiger partial charge in [-0.25, -0.2) is 14.6 Å². The van der Waals surface area contributed by atoms with Crippen LogP contribution >= 0.6 is 0 Å². The van der Waals surface area contributed by atoms with Gasteiger partial charge in [0.05, 0.1) is 43.0 Å². The Morgan fingerprint density at radius 3 is 2.22 bits per heavy atom. The SMILES string of the molecule is COC(=O)N[C@H](C(=O)N1[C@@H]2C[C@@H]2C[C@H]1C1=Nc2ccc3cc(-c4ccc5c(ccc6[nH]c([C@@H]7[C@H]8CC[C@H](C8)N7C(=O)[C@H](NC(=O)OC)c7ccccc7)nc65)c4)ccc3c2C1)C(C)C. The number of hydrogen-bond donors (Lipinski definition) is 3. The number of methoxy groups -OCH3 is 2. The molecule has 4 fully saturated rings. The highest BCUT2D eigenvalue weighted by Gasteiger charge is 2.57. The third-order valence-corrected chi connectivity index (χ3v) is 14.6. The summed E-state index contributed by atoms with van der Waals surface area (Å²) in [5, 5.41) is 9.97. The van der Waals surface area contributed by atoms with Crippen LogP contribution in [-0.2, 0) is 25.5 Å². The predicted molar refractivity (Wildman–Crippen MR) is 244 cm³/mol. The number of likely N-dealkylation sites (tertiary alicyclic amines) is 2. The van der Waals surface area contributed by atoms with Crippen LogP contribution in [0.15, 0.2) is 96.0 Å². The molecule has 326 valence electrons. The summed E-state index contributed by atoms with van der Waals surface area (Å²) in [6.07, 6.45) is 4.16. The first kappa shape index (κ1) is 40.0. The maximum absolute atomic E-state index is 14.5. The summed E-state index contributed by atoms with van der Waals surface area (Å²) in [7, 11) is 2.62. The Balaban J connectivity index is 0.848. The van der Waals surface area contributed by atoms with E-state index in [4.69, 9.17) is 19.5 Å². The van der Waals surface area contributed by atoms with E-state index >= 15 is 0 Å². The molecule has 2 aliphatic carbocycles. The van der Waals surface area contributed by atoms with Gasteiger partial charge < -0.3 is 34.9 Å². The number of nitrogens with zero attached hydrogens (tertiary/aromatic N) is 4. The highest BCUT2D eigenvalue weighted by Crippen LogP contribution is 2.52. The second-order valence-corrected chi connectivity index (χ2v) is 18.6. The van der Waals surface area contributed by atoms with Crippen molar-refractivity contribution in [2.24, 2.45) is 22.7 Å². The molecule has 8 atom stereocenters. The molecule has 2 saturated carbocycles. The Morgan fingerprint density at radius 2 is 1.47 bits per heavy atom. The van der Waals surface area contributed by atoms with Crippen LogP contribution in [0.4, 0.5) is 15.3 Å². The van der Waals surface area contributed by atoms with Crippen LogP contribution in [0.1, 0.15) is 75.0 Å². The van der Waals surface area contributed by atoms with Crippen molar-refractivity contribution in [2.45, 2.75) is 88.6 Å². The van der Waals surface area contributed by atoms with Crippen LogP contribution in [0, 0.1) is 17.8 Å². The smallest absolute Gasteiger partial charge is 0.407 e. The number of benzene rings is 5. The summed E-state index contributed by atoms with van der Waals surface area (Å²) in [6, 6.07) is 29.3. The van der Waals surface area contributed by atoms with E-state index in [-0.39, 0.29) is 47.8 Å². The van der Waals surface area contributed by atoms with Crippen LogP contribution < -0.4 is 10.6 Å². The normalized spacial score (nSPS) is 23.9. The van der Waals surface area contributed by atoms with E-state index in [0.717, 1.165) is 93.0 Å². The van der Waals surface area contributed by atoms with Crippen molar-refractivity contribution in [3.63, 3.8) is 0 Å². The van der Waals surface area contributed by atoms with Gasteiger partial charge in [0.15, 0.2) is 0 Å². The van der Waals surface area contributed by atoms with Crippen molar-refractivity contribution in [1.82, 2.24) is 30.4 Å². The number of fused-ring (bicyclic) bond motifs is 9. The number of nitrogens with one attached hydrogen (secondary N) is 3. The van der Waals surface area contributed by atoms with E-state index in [1.54, 1.807) is 0 Å². The van der Waals surface area contributed by atoms with E-state index in [0.29, 0.717) is 17.9 Å². The van der Waals surface area contributed by atoms with Gasteiger partial charge in [0.1, 0.15) is 17.9 Å². The van der Waals surface area contributed by atoms with Gasteiger partial charge in [0.2, 0.25) is 5.91 Å². The number of amides is 4. The molecule has 11 rings (SSSR count). The van der Waals surface area contributed by atoms with E-state index < -0.39 is 24.3 Å². The number of rotatable bonds is 9. The molecule has 0 radical (unpaired) electrons. The first-order valence-electron chi connectivity index (χ1n) is 22.5. The molecule has 3 aliphatic heterocycles. The van der Waals surface area contributed by atoms with E-state index in [2.05, 4.69) is 76.3 Å². The lowest BCUT2D eigenvalue weighted by Gasteiger charge is -2.36. The molecule has 1 aromatic heterocycles. The number of H-pyrrole nitrogens is 1. The molecule has 5 aromatic carbocycles. The van der Waals surface area contributed by atoms with Gasteiger partial charge in [-0.15, -0.1) is 0 Å². The van der Waals surface area contributed by atoms with Crippen molar-refractivity contribution in [1.29, 1.82) is 0 Å². The van der Waals surface area contributed by atoms with Crippen molar-refractivity contribution >= 4 is 68.0 Å². The number of ether oxygens (including phenoxy) is 2. The third-order valence-electron chi connectivity index (χ3n) is 14.6. The van der Waals surface area contributed by atoms with Gasteiger partial charge in [-0.1, -0.05) is 80.6 Å². The molecule has 13 heteroatoms. The van der Waals surface area contributed by atoms with Crippen LogP contribution in [0.25, 0.3) is 43.7 Å². The topological polar surface area (TPSA) is 158 Å². The zero-order valence-electron chi connectivity index (χ0n) is 36.3.